The topological polar surface area (TPSA) is 61.8 Å². The van der Waals surface area contributed by atoms with Crippen molar-refractivity contribution >= 4 is 33.1 Å². The van der Waals surface area contributed by atoms with Gasteiger partial charge in [0.15, 0.2) is 5.84 Å². The molecular weight excluding hydrogens is 330 g/mol. The van der Waals surface area contributed by atoms with E-state index in [2.05, 4.69) is 58.0 Å². The van der Waals surface area contributed by atoms with Gasteiger partial charge in [0.2, 0.25) is 0 Å². The summed E-state index contributed by atoms with van der Waals surface area (Å²) in [6, 6.07) is 12.0. The number of hydrogen-bond acceptors (Lipinski definition) is 3. The summed E-state index contributed by atoms with van der Waals surface area (Å²) in [6.07, 6.45) is 0. The van der Waals surface area contributed by atoms with Gasteiger partial charge in [-0.3, -0.25) is 0 Å². The number of nitrogens with zero attached hydrogens (tertiary/aromatic N) is 2. The summed E-state index contributed by atoms with van der Waals surface area (Å²) in [6.45, 7) is 4.17. The summed E-state index contributed by atoms with van der Waals surface area (Å²) < 4.78 is 0.883. The zero-order chi connectivity index (χ0) is 15.6. The van der Waals surface area contributed by atoms with E-state index in [0.717, 1.165) is 15.8 Å². The molecule has 0 fully saturated rings. The third-order valence-corrected chi connectivity index (χ3v) is 3.94. The highest BCUT2D eigenvalue weighted by Crippen LogP contribution is 2.32. The molecule has 0 bridgehead atoms. The SMILES string of the molecule is Cc1cc(C)cc(N(C)c2ccc(/C(N)=N/O)cc2Br)c1. The highest BCUT2D eigenvalue weighted by molar-refractivity contribution is 9.10. The number of hydrogen-bond donors (Lipinski definition) is 2. The van der Waals surface area contributed by atoms with Crippen LogP contribution in [0.1, 0.15) is 16.7 Å². The molecule has 0 saturated heterocycles. The van der Waals surface area contributed by atoms with Crippen molar-refractivity contribution in [3.05, 3.63) is 57.6 Å². The fraction of sp³-hybridized carbons (Fsp3) is 0.188. The summed E-state index contributed by atoms with van der Waals surface area (Å²) in [5.41, 5.74) is 10.8. The van der Waals surface area contributed by atoms with E-state index < -0.39 is 0 Å². The molecule has 0 amide bonds. The molecule has 0 saturated carbocycles. The van der Waals surface area contributed by atoms with Crippen molar-refractivity contribution in [3.63, 3.8) is 0 Å². The Morgan fingerprint density at radius 2 is 1.76 bits per heavy atom. The summed E-state index contributed by atoms with van der Waals surface area (Å²) in [5, 5.41) is 11.7. The van der Waals surface area contributed by atoms with Crippen molar-refractivity contribution in [1.29, 1.82) is 0 Å². The van der Waals surface area contributed by atoms with Crippen LogP contribution in [0, 0.1) is 13.8 Å². The summed E-state index contributed by atoms with van der Waals surface area (Å²) >= 11 is 3.55. The van der Waals surface area contributed by atoms with E-state index in [1.54, 1.807) is 0 Å². The molecule has 0 heterocycles. The van der Waals surface area contributed by atoms with E-state index in [0.29, 0.717) is 5.56 Å². The maximum Gasteiger partial charge on any atom is 0.170 e. The molecule has 4 nitrogen and oxygen atoms in total. The smallest absolute Gasteiger partial charge is 0.170 e. The summed E-state index contributed by atoms with van der Waals surface area (Å²) in [5.74, 6) is 0.0938. The molecule has 0 radical (unpaired) electrons. The first-order chi connectivity index (χ1) is 9.92. The highest BCUT2D eigenvalue weighted by atomic mass is 79.9. The van der Waals surface area contributed by atoms with E-state index in [1.807, 2.05) is 25.2 Å². The van der Waals surface area contributed by atoms with Crippen molar-refractivity contribution in [2.24, 2.45) is 10.9 Å². The minimum atomic E-state index is 0.0938. The minimum absolute atomic E-state index is 0.0938. The second kappa shape index (κ2) is 6.18. The number of benzene rings is 2. The van der Waals surface area contributed by atoms with Gasteiger partial charge in [-0.15, -0.1) is 0 Å². The zero-order valence-corrected chi connectivity index (χ0v) is 13.8. The molecule has 0 aliphatic heterocycles. The van der Waals surface area contributed by atoms with Crippen LogP contribution in [0.15, 0.2) is 46.0 Å². The average Bonchev–Trinajstić information content (AvgIpc) is 2.44. The molecule has 2 aromatic carbocycles. The molecule has 21 heavy (non-hydrogen) atoms. The first kappa shape index (κ1) is 15.4. The molecule has 2 rings (SSSR count). The number of aryl methyl sites for hydroxylation is 2. The highest BCUT2D eigenvalue weighted by Gasteiger charge is 2.11. The third kappa shape index (κ3) is 3.36. The molecule has 110 valence electrons. The van der Waals surface area contributed by atoms with E-state index in [4.69, 9.17) is 10.9 Å². The van der Waals surface area contributed by atoms with E-state index in [-0.39, 0.29) is 5.84 Å². The van der Waals surface area contributed by atoms with Crippen LogP contribution in [-0.2, 0) is 0 Å². The van der Waals surface area contributed by atoms with Crippen LogP contribution in [0.2, 0.25) is 0 Å². The standard InChI is InChI=1S/C16H18BrN3O/c1-10-6-11(2)8-13(7-10)20(3)15-5-4-12(9-14(15)17)16(18)19-21/h4-9,21H,1-3H3,(H2,18,19). The van der Waals surface area contributed by atoms with Crippen LogP contribution in [0.3, 0.4) is 0 Å². The van der Waals surface area contributed by atoms with Crippen LogP contribution in [-0.4, -0.2) is 18.1 Å². The molecule has 0 aliphatic carbocycles. The molecule has 0 atom stereocenters. The second-order valence-corrected chi connectivity index (χ2v) is 5.91. The predicted octanol–water partition coefficient (Wildman–Crippen LogP) is 3.93. The first-order valence-electron chi connectivity index (χ1n) is 6.52. The molecule has 0 unspecified atom stereocenters. The summed E-state index contributed by atoms with van der Waals surface area (Å²) in [4.78, 5) is 2.10. The van der Waals surface area contributed by atoms with Gasteiger partial charge in [-0.05, 0) is 71.2 Å². The monoisotopic (exact) mass is 347 g/mol. The Labute approximate surface area is 133 Å². The van der Waals surface area contributed by atoms with Crippen LogP contribution in [0.4, 0.5) is 11.4 Å². The van der Waals surface area contributed by atoms with Crippen LogP contribution >= 0.6 is 15.9 Å². The van der Waals surface area contributed by atoms with Crippen molar-refractivity contribution in [2.45, 2.75) is 13.8 Å². The Kier molecular flexibility index (Phi) is 4.53. The minimum Gasteiger partial charge on any atom is -0.409 e. The largest absolute Gasteiger partial charge is 0.409 e. The Balaban J connectivity index is 2.41. The van der Waals surface area contributed by atoms with Crippen LogP contribution in [0.25, 0.3) is 0 Å². The zero-order valence-electron chi connectivity index (χ0n) is 12.3. The first-order valence-corrected chi connectivity index (χ1v) is 7.31. The summed E-state index contributed by atoms with van der Waals surface area (Å²) in [7, 11) is 2.01. The lowest BCUT2D eigenvalue weighted by molar-refractivity contribution is 0.318. The van der Waals surface area contributed by atoms with Gasteiger partial charge < -0.3 is 15.8 Å². The van der Waals surface area contributed by atoms with Gasteiger partial charge in [0.05, 0.1) is 5.69 Å². The Morgan fingerprint density at radius 3 is 2.29 bits per heavy atom. The Morgan fingerprint density at radius 1 is 1.14 bits per heavy atom. The lowest BCUT2D eigenvalue weighted by Gasteiger charge is -2.22. The van der Waals surface area contributed by atoms with Gasteiger partial charge in [-0.1, -0.05) is 11.2 Å². The number of halogens is 1. The maximum atomic E-state index is 8.73. The van der Waals surface area contributed by atoms with Gasteiger partial charge in [0, 0.05) is 22.8 Å². The molecular formula is C16H18BrN3O. The van der Waals surface area contributed by atoms with Crippen LogP contribution < -0.4 is 10.6 Å². The van der Waals surface area contributed by atoms with E-state index in [1.165, 1.54) is 11.1 Å². The average molecular weight is 348 g/mol. The number of oxime groups is 1. The van der Waals surface area contributed by atoms with Crippen molar-refractivity contribution in [1.82, 2.24) is 0 Å². The van der Waals surface area contributed by atoms with E-state index in [9.17, 15) is 0 Å². The third-order valence-electron chi connectivity index (χ3n) is 3.31. The van der Waals surface area contributed by atoms with Gasteiger partial charge in [0.1, 0.15) is 0 Å². The van der Waals surface area contributed by atoms with Gasteiger partial charge in [-0.25, -0.2) is 0 Å². The predicted molar refractivity (Wildman–Crippen MR) is 90.6 cm³/mol. The molecule has 0 spiro atoms. The van der Waals surface area contributed by atoms with Gasteiger partial charge >= 0.3 is 0 Å². The van der Waals surface area contributed by atoms with Gasteiger partial charge in [-0.2, -0.15) is 0 Å². The maximum absolute atomic E-state index is 8.73. The Bertz CT molecular complexity index is 678. The fourth-order valence-electron chi connectivity index (χ4n) is 2.28. The molecule has 5 heteroatoms. The van der Waals surface area contributed by atoms with Crippen molar-refractivity contribution in [2.75, 3.05) is 11.9 Å². The lowest BCUT2D eigenvalue weighted by Crippen LogP contribution is -2.15. The fourth-order valence-corrected chi connectivity index (χ4v) is 2.92. The quantitative estimate of drug-likeness (QED) is 0.382. The van der Waals surface area contributed by atoms with Gasteiger partial charge in [0.25, 0.3) is 0 Å². The molecule has 2 aromatic rings. The van der Waals surface area contributed by atoms with Crippen molar-refractivity contribution in [3.8, 4) is 0 Å². The molecule has 0 aromatic heterocycles. The Hall–Kier alpha value is -2.01. The number of amidine groups is 1. The number of nitrogens with two attached hydrogens (primary N) is 1. The normalized spacial score (nSPS) is 11.5. The van der Waals surface area contributed by atoms with Crippen molar-refractivity contribution < 1.29 is 5.21 Å². The number of anilines is 2. The van der Waals surface area contributed by atoms with E-state index >= 15 is 0 Å². The lowest BCUT2D eigenvalue weighted by atomic mass is 10.1. The molecule has 0 aliphatic rings. The number of rotatable bonds is 3. The van der Waals surface area contributed by atoms with Crippen LogP contribution in [0.5, 0.6) is 0 Å². The molecule has 3 N–H and O–H groups in total. The second-order valence-electron chi connectivity index (χ2n) is 5.06.